The highest BCUT2D eigenvalue weighted by molar-refractivity contribution is 5.95. The molecule has 4 rings (SSSR count). The Labute approximate surface area is 163 Å². The van der Waals surface area contributed by atoms with Crippen molar-refractivity contribution in [2.24, 2.45) is 0 Å². The number of halogens is 3. The maximum Gasteiger partial charge on any atom is 0.434 e. The third-order valence-corrected chi connectivity index (χ3v) is 4.74. The van der Waals surface area contributed by atoms with Crippen LogP contribution in [0.5, 0.6) is 5.88 Å². The normalized spacial score (nSPS) is 13.9. The summed E-state index contributed by atoms with van der Waals surface area (Å²) in [6, 6.07) is 10.2. The van der Waals surface area contributed by atoms with Crippen LogP contribution in [0.4, 0.5) is 13.2 Å². The van der Waals surface area contributed by atoms with Crippen molar-refractivity contribution in [2.45, 2.75) is 19.1 Å². The first-order valence-corrected chi connectivity index (χ1v) is 8.78. The van der Waals surface area contributed by atoms with E-state index in [2.05, 4.69) is 15.3 Å². The second kappa shape index (κ2) is 7.19. The molecule has 29 heavy (non-hydrogen) atoms. The molecule has 0 spiro atoms. The van der Waals surface area contributed by atoms with E-state index >= 15 is 0 Å². The summed E-state index contributed by atoms with van der Waals surface area (Å²) in [6.45, 7) is 0.584. The van der Waals surface area contributed by atoms with Gasteiger partial charge >= 0.3 is 6.18 Å². The van der Waals surface area contributed by atoms with E-state index in [1.807, 2.05) is 24.3 Å². The minimum Gasteiger partial charge on any atom is -0.480 e. The number of nitrogens with zero attached hydrogens (tertiary/aromatic N) is 5. The van der Waals surface area contributed by atoms with E-state index in [1.165, 1.54) is 24.1 Å². The second-order valence-electron chi connectivity index (χ2n) is 6.50. The van der Waals surface area contributed by atoms with Gasteiger partial charge < -0.3 is 9.64 Å². The number of rotatable bonds is 3. The lowest BCUT2D eigenvalue weighted by Crippen LogP contribution is -2.36. The maximum absolute atomic E-state index is 13.8. The number of hydrogen-bond acceptors (Lipinski definition) is 5. The van der Waals surface area contributed by atoms with Crippen LogP contribution in [0.25, 0.3) is 5.82 Å². The highest BCUT2D eigenvalue weighted by Crippen LogP contribution is 2.34. The fourth-order valence-corrected chi connectivity index (χ4v) is 3.33. The number of carbonyl (C=O) groups is 1. The Morgan fingerprint density at radius 2 is 1.86 bits per heavy atom. The smallest absolute Gasteiger partial charge is 0.434 e. The summed E-state index contributed by atoms with van der Waals surface area (Å²) in [5.74, 6) is -0.738. The molecule has 0 radical (unpaired) electrons. The number of methoxy groups -OCH3 is 1. The Kier molecular flexibility index (Phi) is 4.69. The molecular formula is C19H16F3N5O2. The molecule has 7 nitrogen and oxygen atoms in total. The third kappa shape index (κ3) is 3.53. The zero-order valence-corrected chi connectivity index (χ0v) is 15.3. The van der Waals surface area contributed by atoms with Crippen molar-refractivity contribution in [3.63, 3.8) is 0 Å². The van der Waals surface area contributed by atoms with Crippen LogP contribution in [-0.2, 0) is 19.1 Å². The number of amides is 1. The molecule has 0 N–H and O–H groups in total. The van der Waals surface area contributed by atoms with E-state index in [9.17, 15) is 18.0 Å². The van der Waals surface area contributed by atoms with Crippen LogP contribution < -0.4 is 4.74 Å². The number of alkyl halides is 3. The van der Waals surface area contributed by atoms with Crippen LogP contribution in [-0.4, -0.2) is 44.4 Å². The maximum atomic E-state index is 13.8. The molecule has 0 saturated carbocycles. The number of benzene rings is 1. The number of fused-ring (bicyclic) bond motifs is 1. The summed E-state index contributed by atoms with van der Waals surface area (Å²) in [5.41, 5.74) is 0.321. The van der Waals surface area contributed by atoms with Gasteiger partial charge in [-0.15, -0.1) is 10.2 Å². The molecule has 0 aliphatic carbocycles. The molecule has 3 heterocycles. The van der Waals surface area contributed by atoms with E-state index in [0.29, 0.717) is 17.6 Å². The average Bonchev–Trinajstić information content (AvgIpc) is 3.18. The van der Waals surface area contributed by atoms with Gasteiger partial charge in [0.15, 0.2) is 11.5 Å². The van der Waals surface area contributed by atoms with Crippen LogP contribution >= 0.6 is 0 Å². The molecule has 1 amide bonds. The molecule has 1 aliphatic rings. The van der Waals surface area contributed by atoms with Crippen molar-refractivity contribution in [2.75, 3.05) is 13.7 Å². The second-order valence-corrected chi connectivity index (χ2v) is 6.50. The zero-order valence-electron chi connectivity index (χ0n) is 15.3. The van der Waals surface area contributed by atoms with Gasteiger partial charge in [0.1, 0.15) is 0 Å². The first kappa shape index (κ1) is 18.9. The molecule has 1 aliphatic heterocycles. The first-order valence-electron chi connectivity index (χ1n) is 8.78. The lowest BCUT2D eigenvalue weighted by atomic mass is 9.99. The minimum atomic E-state index is -4.81. The van der Waals surface area contributed by atoms with Gasteiger partial charge in [0.05, 0.1) is 18.9 Å². The number of hydrogen-bond donors (Lipinski definition) is 0. The molecule has 1 aromatic carbocycles. The van der Waals surface area contributed by atoms with Crippen molar-refractivity contribution >= 4 is 5.91 Å². The summed E-state index contributed by atoms with van der Waals surface area (Å²) >= 11 is 0. The van der Waals surface area contributed by atoms with Gasteiger partial charge in [0.2, 0.25) is 5.88 Å². The molecule has 150 valence electrons. The molecular weight excluding hydrogens is 387 g/mol. The summed E-state index contributed by atoms with van der Waals surface area (Å²) in [6.07, 6.45) is -3.30. The number of ether oxygens (including phenoxy) is 1. The quantitative estimate of drug-likeness (QED) is 0.673. The van der Waals surface area contributed by atoms with Gasteiger partial charge in [-0.3, -0.25) is 4.79 Å². The fourth-order valence-electron chi connectivity index (χ4n) is 3.33. The van der Waals surface area contributed by atoms with Crippen molar-refractivity contribution in [1.82, 2.24) is 24.9 Å². The van der Waals surface area contributed by atoms with E-state index in [4.69, 9.17) is 4.74 Å². The Balaban J connectivity index is 1.70. The predicted octanol–water partition coefficient (Wildman–Crippen LogP) is 2.89. The Morgan fingerprint density at radius 3 is 2.52 bits per heavy atom. The first-order chi connectivity index (χ1) is 13.9. The monoisotopic (exact) mass is 403 g/mol. The lowest BCUT2D eigenvalue weighted by Gasteiger charge is -2.29. The van der Waals surface area contributed by atoms with Gasteiger partial charge in [0, 0.05) is 19.2 Å². The van der Waals surface area contributed by atoms with Crippen LogP contribution in [0.15, 0.2) is 42.6 Å². The minimum absolute atomic E-state index is 0.151. The van der Waals surface area contributed by atoms with E-state index < -0.39 is 23.3 Å². The third-order valence-electron chi connectivity index (χ3n) is 4.74. The van der Waals surface area contributed by atoms with Crippen molar-refractivity contribution < 1.29 is 22.7 Å². The highest BCUT2D eigenvalue weighted by Gasteiger charge is 2.42. The summed E-state index contributed by atoms with van der Waals surface area (Å²) in [7, 11) is 1.37. The Bertz CT molecular complexity index is 1050. The Morgan fingerprint density at radius 1 is 1.10 bits per heavy atom. The van der Waals surface area contributed by atoms with Gasteiger partial charge in [-0.2, -0.15) is 18.3 Å². The van der Waals surface area contributed by atoms with E-state index in [-0.39, 0.29) is 18.2 Å². The van der Waals surface area contributed by atoms with Crippen molar-refractivity contribution in [3.05, 3.63) is 65.0 Å². The number of aromatic nitrogens is 4. The van der Waals surface area contributed by atoms with Crippen LogP contribution in [0, 0.1) is 0 Å². The molecule has 3 aromatic rings. The molecule has 0 bridgehead atoms. The Hall–Kier alpha value is -3.43. The zero-order chi connectivity index (χ0) is 20.6. The predicted molar refractivity (Wildman–Crippen MR) is 95.6 cm³/mol. The molecule has 0 atom stereocenters. The molecule has 2 aromatic heterocycles. The van der Waals surface area contributed by atoms with Gasteiger partial charge in [-0.05, 0) is 23.6 Å². The summed E-state index contributed by atoms with van der Waals surface area (Å²) < 4.78 is 47.0. The largest absolute Gasteiger partial charge is 0.480 e. The van der Waals surface area contributed by atoms with E-state index in [1.54, 1.807) is 0 Å². The van der Waals surface area contributed by atoms with E-state index in [0.717, 1.165) is 17.3 Å². The fraction of sp³-hybridized carbons (Fsp3) is 0.263. The highest BCUT2D eigenvalue weighted by atomic mass is 19.4. The van der Waals surface area contributed by atoms with Crippen molar-refractivity contribution in [1.29, 1.82) is 0 Å². The molecule has 0 fully saturated rings. The topological polar surface area (TPSA) is 73.1 Å². The summed E-state index contributed by atoms with van der Waals surface area (Å²) in [5, 5.41) is 11.2. The van der Waals surface area contributed by atoms with Crippen molar-refractivity contribution in [3.8, 4) is 11.7 Å². The van der Waals surface area contributed by atoms with Gasteiger partial charge in [-0.1, -0.05) is 24.3 Å². The van der Waals surface area contributed by atoms with Crippen LogP contribution in [0.3, 0.4) is 0 Å². The standard InChI is InChI=1S/C19H16F3N5O2/c1-29-16-7-6-15(24-25-16)27-17(19(20,21)22)14(10-23-27)18(28)26-9-8-12-4-2-3-5-13(12)11-26/h2-7,10H,8-9,11H2,1H3. The lowest BCUT2D eigenvalue weighted by molar-refractivity contribution is -0.143. The molecule has 0 unspecified atom stereocenters. The number of carbonyl (C=O) groups excluding carboxylic acids is 1. The SMILES string of the molecule is COc1ccc(-n2ncc(C(=O)N3CCc4ccccc4C3)c2C(F)(F)F)nn1. The molecule has 0 saturated heterocycles. The summed E-state index contributed by atoms with van der Waals surface area (Å²) in [4.78, 5) is 14.3. The van der Waals surface area contributed by atoms with Crippen LogP contribution in [0.1, 0.15) is 27.2 Å². The molecule has 10 heteroatoms. The average molecular weight is 403 g/mol. The van der Waals surface area contributed by atoms with Crippen LogP contribution in [0.2, 0.25) is 0 Å². The van der Waals surface area contributed by atoms with Gasteiger partial charge in [-0.25, -0.2) is 4.68 Å². The van der Waals surface area contributed by atoms with Gasteiger partial charge in [0.25, 0.3) is 5.91 Å².